The molecule has 1 rings (SSSR count). The maximum Gasteiger partial charge on any atom is 0.226 e. The second-order valence-corrected chi connectivity index (χ2v) is 5.41. The van der Waals surface area contributed by atoms with Crippen LogP contribution in [0, 0.1) is 0 Å². The van der Waals surface area contributed by atoms with E-state index in [-0.39, 0.29) is 5.91 Å². The third kappa shape index (κ3) is 4.88. The Hall–Kier alpha value is -1.35. The number of carbonyl (C=O) groups excluding carboxylic acids is 1. The lowest BCUT2D eigenvalue weighted by atomic mass is 10.1. The van der Waals surface area contributed by atoms with E-state index in [1.807, 2.05) is 12.1 Å². The molecular formula is C15H23NO2. The fraction of sp³-hybridized carbons (Fsp3) is 0.533. The zero-order valence-corrected chi connectivity index (χ0v) is 11.7. The third-order valence-electron chi connectivity index (χ3n) is 2.84. The fourth-order valence-electron chi connectivity index (χ4n) is 1.87. The van der Waals surface area contributed by atoms with E-state index in [0.29, 0.717) is 13.0 Å². The van der Waals surface area contributed by atoms with Gasteiger partial charge in [0.1, 0.15) is 0 Å². The largest absolute Gasteiger partial charge is 0.389 e. The highest BCUT2D eigenvalue weighted by Crippen LogP contribution is 2.09. The molecule has 1 amide bonds. The van der Waals surface area contributed by atoms with Crippen molar-refractivity contribution in [3.63, 3.8) is 0 Å². The van der Waals surface area contributed by atoms with E-state index in [0.717, 1.165) is 12.0 Å². The lowest BCUT2D eigenvalue weighted by Crippen LogP contribution is -2.40. The predicted molar refractivity (Wildman–Crippen MR) is 73.5 cm³/mol. The van der Waals surface area contributed by atoms with Crippen molar-refractivity contribution >= 4 is 5.91 Å². The predicted octanol–water partition coefficient (Wildman–Crippen LogP) is 2.02. The van der Waals surface area contributed by atoms with Gasteiger partial charge in [0.2, 0.25) is 5.91 Å². The summed E-state index contributed by atoms with van der Waals surface area (Å²) in [7, 11) is 1.72. The van der Waals surface area contributed by atoms with Crippen LogP contribution in [0.4, 0.5) is 0 Å². The first kappa shape index (κ1) is 14.7. The number of rotatable bonds is 5. The standard InChI is InChI=1S/C15H23NO2/c1-5-12-6-8-13(9-7-12)10-14(17)16(4)11-15(2,3)18/h6-9,18H,5,10-11H2,1-4H3. The van der Waals surface area contributed by atoms with Gasteiger partial charge in [-0.25, -0.2) is 0 Å². The van der Waals surface area contributed by atoms with Crippen LogP contribution in [0.3, 0.4) is 0 Å². The fourth-order valence-corrected chi connectivity index (χ4v) is 1.87. The summed E-state index contributed by atoms with van der Waals surface area (Å²) in [5.41, 5.74) is 1.44. The van der Waals surface area contributed by atoms with Gasteiger partial charge < -0.3 is 10.0 Å². The van der Waals surface area contributed by atoms with E-state index in [1.165, 1.54) is 5.56 Å². The van der Waals surface area contributed by atoms with Crippen molar-refractivity contribution in [1.82, 2.24) is 4.90 Å². The highest BCUT2D eigenvalue weighted by Gasteiger charge is 2.19. The molecule has 0 radical (unpaired) electrons. The van der Waals surface area contributed by atoms with Crippen LogP contribution in [0.1, 0.15) is 31.9 Å². The molecule has 0 aromatic heterocycles. The van der Waals surface area contributed by atoms with E-state index in [9.17, 15) is 9.90 Å². The minimum absolute atomic E-state index is 0.0290. The van der Waals surface area contributed by atoms with Gasteiger partial charge in [-0.3, -0.25) is 4.79 Å². The average molecular weight is 249 g/mol. The molecule has 0 aliphatic rings. The van der Waals surface area contributed by atoms with Crippen LogP contribution in [0.15, 0.2) is 24.3 Å². The highest BCUT2D eigenvalue weighted by molar-refractivity contribution is 5.78. The van der Waals surface area contributed by atoms with Crippen molar-refractivity contribution < 1.29 is 9.90 Å². The molecule has 0 saturated heterocycles. The van der Waals surface area contributed by atoms with E-state index in [4.69, 9.17) is 0 Å². The average Bonchev–Trinajstić information content (AvgIpc) is 2.27. The summed E-state index contributed by atoms with van der Waals surface area (Å²) in [4.78, 5) is 13.5. The Bertz CT molecular complexity index is 390. The van der Waals surface area contributed by atoms with E-state index in [1.54, 1.807) is 25.8 Å². The molecule has 0 atom stereocenters. The van der Waals surface area contributed by atoms with Gasteiger partial charge in [0.05, 0.1) is 12.0 Å². The number of likely N-dealkylation sites (N-methyl/N-ethyl adjacent to an activating group) is 1. The van der Waals surface area contributed by atoms with Crippen molar-refractivity contribution in [2.24, 2.45) is 0 Å². The number of aliphatic hydroxyl groups is 1. The van der Waals surface area contributed by atoms with Gasteiger partial charge in [0.15, 0.2) is 0 Å². The summed E-state index contributed by atoms with van der Waals surface area (Å²) in [5, 5.41) is 9.68. The van der Waals surface area contributed by atoms with Crippen molar-refractivity contribution in [2.75, 3.05) is 13.6 Å². The molecule has 0 saturated carbocycles. The summed E-state index contributed by atoms with van der Waals surface area (Å²) in [5.74, 6) is 0.0290. The molecule has 3 nitrogen and oxygen atoms in total. The molecule has 1 aromatic carbocycles. The quantitative estimate of drug-likeness (QED) is 0.867. The van der Waals surface area contributed by atoms with Crippen LogP contribution in [0.25, 0.3) is 0 Å². The molecular weight excluding hydrogens is 226 g/mol. The molecule has 1 aromatic rings. The Kier molecular flexibility index (Phi) is 4.91. The number of carbonyl (C=O) groups is 1. The van der Waals surface area contributed by atoms with Gasteiger partial charge in [0, 0.05) is 13.6 Å². The number of nitrogens with zero attached hydrogens (tertiary/aromatic N) is 1. The summed E-state index contributed by atoms with van der Waals surface area (Å²) in [6.07, 6.45) is 1.39. The Balaban J connectivity index is 2.58. The molecule has 0 spiro atoms. The topological polar surface area (TPSA) is 40.5 Å². The molecule has 100 valence electrons. The minimum Gasteiger partial charge on any atom is -0.389 e. The number of hydrogen-bond acceptors (Lipinski definition) is 2. The first-order valence-electron chi connectivity index (χ1n) is 6.36. The molecule has 3 heteroatoms. The van der Waals surface area contributed by atoms with Gasteiger partial charge in [-0.2, -0.15) is 0 Å². The molecule has 0 unspecified atom stereocenters. The molecule has 1 N–H and O–H groups in total. The smallest absolute Gasteiger partial charge is 0.226 e. The summed E-state index contributed by atoms with van der Waals surface area (Å²) >= 11 is 0. The monoisotopic (exact) mass is 249 g/mol. The minimum atomic E-state index is -0.851. The summed E-state index contributed by atoms with van der Waals surface area (Å²) in [6.45, 7) is 5.86. The van der Waals surface area contributed by atoms with Gasteiger partial charge in [-0.05, 0) is 31.4 Å². The SMILES string of the molecule is CCc1ccc(CC(=O)N(C)CC(C)(C)O)cc1. The maximum atomic E-state index is 12.0. The van der Waals surface area contributed by atoms with Crippen molar-refractivity contribution in [3.05, 3.63) is 35.4 Å². The first-order valence-corrected chi connectivity index (χ1v) is 6.36. The molecule has 18 heavy (non-hydrogen) atoms. The van der Waals surface area contributed by atoms with E-state index < -0.39 is 5.60 Å². The molecule has 0 heterocycles. The first-order chi connectivity index (χ1) is 8.31. The van der Waals surface area contributed by atoms with Crippen molar-refractivity contribution in [1.29, 1.82) is 0 Å². The second kappa shape index (κ2) is 6.01. The Morgan fingerprint density at radius 3 is 2.17 bits per heavy atom. The van der Waals surface area contributed by atoms with Crippen LogP contribution < -0.4 is 0 Å². The zero-order chi connectivity index (χ0) is 13.8. The van der Waals surface area contributed by atoms with Crippen LogP contribution in [0.5, 0.6) is 0 Å². The number of hydrogen-bond donors (Lipinski definition) is 1. The zero-order valence-electron chi connectivity index (χ0n) is 11.7. The van der Waals surface area contributed by atoms with Crippen LogP contribution in [0.2, 0.25) is 0 Å². The third-order valence-corrected chi connectivity index (χ3v) is 2.84. The second-order valence-electron chi connectivity index (χ2n) is 5.41. The van der Waals surface area contributed by atoms with E-state index in [2.05, 4.69) is 19.1 Å². The normalized spacial score (nSPS) is 11.4. The van der Waals surface area contributed by atoms with Crippen LogP contribution in [-0.2, 0) is 17.6 Å². The lowest BCUT2D eigenvalue weighted by molar-refractivity contribution is -0.131. The van der Waals surface area contributed by atoms with Crippen LogP contribution in [-0.4, -0.2) is 35.1 Å². The van der Waals surface area contributed by atoms with Gasteiger partial charge in [0.25, 0.3) is 0 Å². The highest BCUT2D eigenvalue weighted by atomic mass is 16.3. The number of amides is 1. The molecule has 0 bridgehead atoms. The maximum absolute atomic E-state index is 12.0. The Labute approximate surface area is 109 Å². The van der Waals surface area contributed by atoms with Gasteiger partial charge >= 0.3 is 0 Å². The van der Waals surface area contributed by atoms with Crippen molar-refractivity contribution in [2.45, 2.75) is 39.2 Å². The molecule has 0 aliphatic carbocycles. The number of aryl methyl sites for hydroxylation is 1. The molecule has 0 fully saturated rings. The van der Waals surface area contributed by atoms with Gasteiger partial charge in [-0.1, -0.05) is 31.2 Å². The lowest BCUT2D eigenvalue weighted by Gasteiger charge is -2.25. The van der Waals surface area contributed by atoms with Crippen LogP contribution >= 0.6 is 0 Å². The van der Waals surface area contributed by atoms with Crippen molar-refractivity contribution in [3.8, 4) is 0 Å². The molecule has 0 aliphatic heterocycles. The van der Waals surface area contributed by atoms with E-state index >= 15 is 0 Å². The Morgan fingerprint density at radius 2 is 1.72 bits per heavy atom. The van der Waals surface area contributed by atoms with Gasteiger partial charge in [-0.15, -0.1) is 0 Å². The summed E-state index contributed by atoms with van der Waals surface area (Å²) < 4.78 is 0. The Morgan fingerprint density at radius 1 is 1.22 bits per heavy atom. The summed E-state index contributed by atoms with van der Waals surface area (Å²) in [6, 6.07) is 8.10. The number of benzene rings is 1.